The molecule has 0 spiro atoms. The van der Waals surface area contributed by atoms with Crippen molar-refractivity contribution in [2.24, 2.45) is 5.92 Å². The predicted molar refractivity (Wildman–Crippen MR) is 101 cm³/mol. The maximum Gasteiger partial charge on any atom is 0.311 e. The summed E-state index contributed by atoms with van der Waals surface area (Å²) in [6, 6.07) is 12.2. The summed E-state index contributed by atoms with van der Waals surface area (Å²) in [6.45, 7) is 0.246. The minimum absolute atomic E-state index is 0.0759. The van der Waals surface area contributed by atoms with E-state index >= 15 is 0 Å². The van der Waals surface area contributed by atoms with E-state index in [0.717, 1.165) is 5.56 Å². The van der Waals surface area contributed by atoms with Crippen LogP contribution in [0.3, 0.4) is 0 Å². The van der Waals surface area contributed by atoms with E-state index in [9.17, 15) is 14.4 Å². The molecule has 2 aliphatic heterocycles. The van der Waals surface area contributed by atoms with Gasteiger partial charge in [-0.25, -0.2) is 0 Å². The van der Waals surface area contributed by atoms with Crippen molar-refractivity contribution >= 4 is 17.8 Å². The number of aromatic nitrogens is 1. The van der Waals surface area contributed by atoms with Gasteiger partial charge >= 0.3 is 5.97 Å². The maximum atomic E-state index is 13.0. The van der Waals surface area contributed by atoms with Crippen LogP contribution in [0, 0.1) is 17.2 Å². The summed E-state index contributed by atoms with van der Waals surface area (Å²) >= 11 is 0. The van der Waals surface area contributed by atoms with Crippen molar-refractivity contribution in [2.45, 2.75) is 18.5 Å². The Hall–Kier alpha value is -3.60. The SMILES string of the molecule is COC(=O)[C@H]1C[C@H]2CN(C(=O)c3cc(C#N)c[nH]3)CC(=O)N2[C@H]1c1ccccc1. The number of piperazine rings is 1. The van der Waals surface area contributed by atoms with Gasteiger partial charge in [0.05, 0.1) is 30.7 Å². The lowest BCUT2D eigenvalue weighted by atomic mass is 9.93. The number of H-pyrrole nitrogens is 1. The van der Waals surface area contributed by atoms with Gasteiger partial charge in [-0.3, -0.25) is 14.4 Å². The van der Waals surface area contributed by atoms with Gasteiger partial charge in [0.2, 0.25) is 5.91 Å². The van der Waals surface area contributed by atoms with Crippen molar-refractivity contribution in [2.75, 3.05) is 20.2 Å². The van der Waals surface area contributed by atoms with Crippen LogP contribution in [0.2, 0.25) is 0 Å². The molecule has 2 aromatic rings. The summed E-state index contributed by atoms with van der Waals surface area (Å²) in [6.07, 6.45) is 1.88. The van der Waals surface area contributed by atoms with Crippen LogP contribution in [0.15, 0.2) is 42.6 Å². The minimum Gasteiger partial charge on any atom is -0.469 e. The number of carbonyl (C=O) groups excluding carboxylic acids is 3. The van der Waals surface area contributed by atoms with Gasteiger partial charge in [-0.2, -0.15) is 5.26 Å². The van der Waals surface area contributed by atoms with Gasteiger partial charge in [0.1, 0.15) is 18.3 Å². The van der Waals surface area contributed by atoms with Crippen LogP contribution >= 0.6 is 0 Å². The number of benzene rings is 1. The number of nitrogens with zero attached hydrogens (tertiary/aromatic N) is 3. The van der Waals surface area contributed by atoms with E-state index in [1.165, 1.54) is 24.3 Å². The minimum atomic E-state index is -0.484. The van der Waals surface area contributed by atoms with E-state index in [0.29, 0.717) is 18.5 Å². The van der Waals surface area contributed by atoms with Gasteiger partial charge in [-0.1, -0.05) is 30.3 Å². The number of amides is 2. The Kier molecular flexibility index (Phi) is 4.80. The lowest BCUT2D eigenvalue weighted by Crippen LogP contribution is -2.55. The first-order valence-electron chi connectivity index (χ1n) is 9.35. The highest BCUT2D eigenvalue weighted by molar-refractivity contribution is 5.96. The summed E-state index contributed by atoms with van der Waals surface area (Å²) < 4.78 is 4.99. The Bertz CT molecular complexity index is 994. The molecule has 8 nitrogen and oxygen atoms in total. The molecule has 0 radical (unpaired) electrons. The first-order valence-corrected chi connectivity index (χ1v) is 9.35. The van der Waals surface area contributed by atoms with Crippen LogP contribution in [-0.2, 0) is 14.3 Å². The molecular formula is C21H20N4O4. The second kappa shape index (κ2) is 7.43. The summed E-state index contributed by atoms with van der Waals surface area (Å²) in [5, 5.41) is 8.95. The van der Waals surface area contributed by atoms with Crippen molar-refractivity contribution in [3.05, 3.63) is 59.4 Å². The topological polar surface area (TPSA) is 106 Å². The quantitative estimate of drug-likeness (QED) is 0.796. The van der Waals surface area contributed by atoms with Crippen LogP contribution in [0.25, 0.3) is 0 Å². The lowest BCUT2D eigenvalue weighted by Gasteiger charge is -2.40. The van der Waals surface area contributed by atoms with Crippen LogP contribution in [0.4, 0.5) is 0 Å². The third kappa shape index (κ3) is 3.25. The number of methoxy groups -OCH3 is 1. The van der Waals surface area contributed by atoms with Crippen LogP contribution in [0.5, 0.6) is 0 Å². The number of hydrogen-bond acceptors (Lipinski definition) is 5. The van der Waals surface area contributed by atoms with Crippen molar-refractivity contribution < 1.29 is 19.1 Å². The Morgan fingerprint density at radius 3 is 2.69 bits per heavy atom. The number of nitriles is 1. The number of carbonyl (C=O) groups is 3. The maximum absolute atomic E-state index is 13.0. The number of ether oxygens (including phenoxy) is 1. The number of hydrogen-bond donors (Lipinski definition) is 1. The first kappa shape index (κ1) is 18.7. The van der Waals surface area contributed by atoms with E-state index in [4.69, 9.17) is 10.00 Å². The third-order valence-corrected chi connectivity index (χ3v) is 5.62. The monoisotopic (exact) mass is 392 g/mol. The van der Waals surface area contributed by atoms with Crippen molar-refractivity contribution in [3.8, 4) is 6.07 Å². The highest BCUT2D eigenvalue weighted by Gasteiger charge is 2.51. The van der Waals surface area contributed by atoms with E-state index < -0.39 is 12.0 Å². The average molecular weight is 392 g/mol. The molecule has 8 heteroatoms. The molecule has 148 valence electrons. The fourth-order valence-corrected chi connectivity index (χ4v) is 4.37. The Balaban J connectivity index is 1.61. The summed E-state index contributed by atoms with van der Waals surface area (Å²) in [7, 11) is 1.34. The average Bonchev–Trinajstić information content (AvgIpc) is 3.38. The smallest absolute Gasteiger partial charge is 0.311 e. The summed E-state index contributed by atoms with van der Waals surface area (Å²) in [5.74, 6) is -1.39. The highest BCUT2D eigenvalue weighted by Crippen LogP contribution is 2.43. The van der Waals surface area contributed by atoms with Gasteiger partial charge in [0, 0.05) is 12.7 Å². The molecule has 1 N–H and O–H groups in total. The Labute approximate surface area is 167 Å². The summed E-state index contributed by atoms with van der Waals surface area (Å²) in [4.78, 5) is 44.3. The normalized spacial score (nSPS) is 23.4. The number of esters is 1. The van der Waals surface area contributed by atoms with Gasteiger partial charge in [-0.05, 0) is 18.1 Å². The predicted octanol–water partition coefficient (Wildman–Crippen LogP) is 1.47. The van der Waals surface area contributed by atoms with Crippen molar-refractivity contribution in [1.29, 1.82) is 5.26 Å². The number of fused-ring (bicyclic) bond motifs is 1. The zero-order chi connectivity index (χ0) is 20.5. The van der Waals surface area contributed by atoms with Crippen molar-refractivity contribution in [3.63, 3.8) is 0 Å². The Morgan fingerprint density at radius 1 is 1.28 bits per heavy atom. The summed E-state index contributed by atoms with van der Waals surface area (Å²) in [5.41, 5.74) is 1.50. The fourth-order valence-electron chi connectivity index (χ4n) is 4.37. The van der Waals surface area contributed by atoms with Gasteiger partial charge in [-0.15, -0.1) is 0 Å². The van der Waals surface area contributed by atoms with Gasteiger partial charge in [0.25, 0.3) is 5.91 Å². The molecule has 1 aromatic carbocycles. The number of nitrogens with one attached hydrogen (secondary N) is 1. The molecule has 0 unspecified atom stereocenters. The molecule has 29 heavy (non-hydrogen) atoms. The second-order valence-corrected chi connectivity index (χ2v) is 7.28. The molecule has 2 saturated heterocycles. The zero-order valence-electron chi connectivity index (χ0n) is 15.9. The van der Waals surface area contributed by atoms with Crippen LogP contribution in [-0.4, -0.2) is 58.8 Å². The van der Waals surface area contributed by atoms with Crippen molar-refractivity contribution in [1.82, 2.24) is 14.8 Å². The van der Waals surface area contributed by atoms with Crippen LogP contribution < -0.4 is 0 Å². The van der Waals surface area contributed by atoms with E-state index in [2.05, 4.69) is 4.98 Å². The van der Waals surface area contributed by atoms with E-state index in [1.54, 1.807) is 4.90 Å². The lowest BCUT2D eigenvalue weighted by molar-refractivity contribution is -0.147. The van der Waals surface area contributed by atoms with E-state index in [1.807, 2.05) is 36.4 Å². The molecule has 2 aliphatic rings. The zero-order valence-corrected chi connectivity index (χ0v) is 15.9. The molecule has 4 rings (SSSR count). The van der Waals surface area contributed by atoms with Crippen LogP contribution in [0.1, 0.15) is 34.1 Å². The fraction of sp³-hybridized carbons (Fsp3) is 0.333. The third-order valence-electron chi connectivity index (χ3n) is 5.62. The standard InChI is InChI=1S/C21H20N4O4/c1-29-21(28)16-8-15-11-24(20(27)17-7-13(9-22)10-23-17)12-18(26)25(15)19(16)14-5-3-2-4-6-14/h2-7,10,15-16,19,23H,8,11-12H2,1H3/t15-,16-,19-/m0/s1. The first-order chi connectivity index (χ1) is 14.0. The second-order valence-electron chi connectivity index (χ2n) is 7.28. The number of aromatic amines is 1. The molecule has 0 aliphatic carbocycles. The molecule has 3 heterocycles. The molecule has 1 aromatic heterocycles. The highest BCUT2D eigenvalue weighted by atomic mass is 16.5. The Morgan fingerprint density at radius 2 is 2.03 bits per heavy atom. The molecule has 2 amide bonds. The molecule has 0 bridgehead atoms. The van der Waals surface area contributed by atoms with Gasteiger partial charge in [0.15, 0.2) is 0 Å². The molecule has 2 fully saturated rings. The van der Waals surface area contributed by atoms with E-state index in [-0.39, 0.29) is 36.1 Å². The largest absolute Gasteiger partial charge is 0.469 e. The molecule has 0 saturated carbocycles. The van der Waals surface area contributed by atoms with Gasteiger partial charge < -0.3 is 19.5 Å². The molecule has 3 atom stereocenters. The number of rotatable bonds is 3. The molecular weight excluding hydrogens is 372 g/mol.